The number of anilines is 4. The first kappa shape index (κ1) is 25.1. The van der Waals surface area contributed by atoms with E-state index in [-0.39, 0.29) is 24.2 Å². The first-order chi connectivity index (χ1) is 16.8. The molecule has 0 atom stereocenters. The molecular weight excluding hydrogens is 454 g/mol. The van der Waals surface area contributed by atoms with E-state index in [4.69, 9.17) is 9.47 Å². The first-order valence-electron chi connectivity index (χ1n) is 10.9. The minimum Gasteiger partial charge on any atom is -0.462 e. The number of ether oxygens (including phenoxy) is 2. The van der Waals surface area contributed by atoms with Gasteiger partial charge in [0.15, 0.2) is 0 Å². The molecule has 11 nitrogen and oxygen atoms in total. The Hall–Kier alpha value is -4.54. The fraction of sp³-hybridized carbons (Fsp3) is 0.250. The highest BCUT2D eigenvalue weighted by molar-refractivity contribution is 5.91. The highest BCUT2D eigenvalue weighted by Crippen LogP contribution is 2.33. The molecule has 0 bridgehead atoms. The maximum absolute atomic E-state index is 12.1. The van der Waals surface area contributed by atoms with Gasteiger partial charge in [-0.15, -0.1) is 0 Å². The van der Waals surface area contributed by atoms with E-state index in [1.165, 1.54) is 12.4 Å². The van der Waals surface area contributed by atoms with E-state index in [1.807, 2.05) is 13.8 Å². The smallest absolute Gasteiger partial charge is 0.353 e. The molecule has 182 valence electrons. The van der Waals surface area contributed by atoms with E-state index in [0.717, 1.165) is 0 Å². The minimum absolute atomic E-state index is 0.0517. The molecule has 0 aliphatic carbocycles. The second-order valence-corrected chi connectivity index (χ2v) is 7.80. The lowest BCUT2D eigenvalue weighted by atomic mass is 10.2. The Morgan fingerprint density at radius 3 is 2.17 bits per heavy atom. The van der Waals surface area contributed by atoms with Crippen molar-refractivity contribution in [3.05, 3.63) is 76.1 Å². The predicted octanol–water partition coefficient (Wildman–Crippen LogP) is 4.86. The molecule has 3 aromatic rings. The molecule has 35 heavy (non-hydrogen) atoms. The Morgan fingerprint density at radius 1 is 0.943 bits per heavy atom. The Bertz CT molecular complexity index is 1210. The second kappa shape index (κ2) is 11.5. The summed E-state index contributed by atoms with van der Waals surface area (Å²) in [4.78, 5) is 43.3. The van der Waals surface area contributed by atoms with Crippen LogP contribution in [0.2, 0.25) is 0 Å². The summed E-state index contributed by atoms with van der Waals surface area (Å²) in [6.45, 7) is 6.11. The summed E-state index contributed by atoms with van der Waals surface area (Å²) < 4.78 is 10.2. The van der Waals surface area contributed by atoms with Crippen LogP contribution in [0.1, 0.15) is 41.5 Å². The van der Waals surface area contributed by atoms with Crippen LogP contribution < -0.4 is 10.6 Å². The van der Waals surface area contributed by atoms with Crippen LogP contribution in [-0.2, 0) is 9.47 Å². The molecule has 0 saturated heterocycles. The molecule has 2 aromatic carbocycles. The molecule has 0 fully saturated rings. The standard InChI is InChI=1S/C24H25N5O6/c1-4-34-24(31)17-6-5-7-19(12-17)28-22-20(29(32)33)21(25-14-26-22)27-18-10-8-16(9-11-18)23(30)35-13-15(2)3/h5-12,14-15H,4,13H2,1-3H3,(H2,25,26,27,28). The molecule has 11 heteroatoms. The van der Waals surface area contributed by atoms with Gasteiger partial charge in [-0.1, -0.05) is 19.9 Å². The van der Waals surface area contributed by atoms with E-state index in [0.29, 0.717) is 29.1 Å². The summed E-state index contributed by atoms with van der Waals surface area (Å²) in [5.74, 6) is -0.859. The monoisotopic (exact) mass is 479 g/mol. The zero-order valence-corrected chi connectivity index (χ0v) is 19.5. The Balaban J connectivity index is 1.81. The lowest BCUT2D eigenvalue weighted by Gasteiger charge is -2.11. The largest absolute Gasteiger partial charge is 0.462 e. The fourth-order valence-corrected chi connectivity index (χ4v) is 2.96. The molecule has 0 aliphatic heterocycles. The molecule has 2 N–H and O–H groups in total. The van der Waals surface area contributed by atoms with Gasteiger partial charge in [-0.3, -0.25) is 10.1 Å². The third kappa shape index (κ3) is 6.73. The van der Waals surface area contributed by atoms with Gasteiger partial charge in [-0.2, -0.15) is 0 Å². The third-order valence-electron chi connectivity index (χ3n) is 4.57. The summed E-state index contributed by atoms with van der Waals surface area (Å²) in [6, 6.07) is 12.6. The van der Waals surface area contributed by atoms with Crippen LogP contribution in [0.5, 0.6) is 0 Å². The number of carbonyl (C=O) groups excluding carboxylic acids is 2. The number of hydrogen-bond donors (Lipinski definition) is 2. The van der Waals surface area contributed by atoms with Crippen LogP contribution in [0, 0.1) is 16.0 Å². The number of nitro groups is 1. The lowest BCUT2D eigenvalue weighted by molar-refractivity contribution is -0.383. The molecule has 0 radical (unpaired) electrons. The highest BCUT2D eigenvalue weighted by atomic mass is 16.6. The zero-order valence-electron chi connectivity index (χ0n) is 19.5. The van der Waals surface area contributed by atoms with E-state index < -0.39 is 22.5 Å². The van der Waals surface area contributed by atoms with Gasteiger partial charge in [0.05, 0.1) is 29.3 Å². The number of nitrogens with one attached hydrogen (secondary N) is 2. The summed E-state index contributed by atoms with van der Waals surface area (Å²) in [5, 5.41) is 17.6. The van der Waals surface area contributed by atoms with Crippen molar-refractivity contribution in [1.29, 1.82) is 0 Å². The highest BCUT2D eigenvalue weighted by Gasteiger charge is 2.24. The number of nitrogens with zero attached hydrogens (tertiary/aromatic N) is 3. The van der Waals surface area contributed by atoms with E-state index in [1.54, 1.807) is 49.4 Å². The van der Waals surface area contributed by atoms with Crippen molar-refractivity contribution in [2.45, 2.75) is 20.8 Å². The van der Waals surface area contributed by atoms with E-state index in [2.05, 4.69) is 20.6 Å². The van der Waals surface area contributed by atoms with E-state index >= 15 is 0 Å². The van der Waals surface area contributed by atoms with Crippen molar-refractivity contribution in [2.75, 3.05) is 23.8 Å². The molecule has 0 unspecified atom stereocenters. The van der Waals surface area contributed by atoms with Crippen LogP contribution in [-0.4, -0.2) is 40.0 Å². The van der Waals surface area contributed by atoms with Gasteiger partial charge in [-0.25, -0.2) is 19.6 Å². The SMILES string of the molecule is CCOC(=O)c1cccc(Nc2ncnc(Nc3ccc(C(=O)OCC(C)C)cc3)c2[N+](=O)[O-])c1. The van der Waals surface area contributed by atoms with Gasteiger partial charge in [0.2, 0.25) is 11.6 Å². The van der Waals surface area contributed by atoms with Gasteiger partial charge in [-0.05, 0) is 55.3 Å². The topological polar surface area (TPSA) is 146 Å². The Kier molecular flexibility index (Phi) is 8.28. The van der Waals surface area contributed by atoms with Gasteiger partial charge >= 0.3 is 17.6 Å². The molecular formula is C24H25N5O6. The Labute approximate surface area is 201 Å². The summed E-state index contributed by atoms with van der Waals surface area (Å²) >= 11 is 0. The second-order valence-electron chi connectivity index (χ2n) is 7.80. The Morgan fingerprint density at radius 2 is 1.57 bits per heavy atom. The van der Waals surface area contributed by atoms with Crippen LogP contribution >= 0.6 is 0 Å². The average molecular weight is 479 g/mol. The van der Waals surface area contributed by atoms with Crippen LogP contribution in [0.4, 0.5) is 28.7 Å². The molecule has 1 heterocycles. The fourth-order valence-electron chi connectivity index (χ4n) is 2.96. The van der Waals surface area contributed by atoms with Crippen LogP contribution in [0.3, 0.4) is 0 Å². The molecule has 0 spiro atoms. The number of carbonyl (C=O) groups is 2. The van der Waals surface area contributed by atoms with Crippen molar-refractivity contribution in [2.24, 2.45) is 5.92 Å². The van der Waals surface area contributed by atoms with Gasteiger partial charge in [0.1, 0.15) is 6.33 Å². The van der Waals surface area contributed by atoms with Crippen molar-refractivity contribution in [3.8, 4) is 0 Å². The maximum atomic E-state index is 12.1. The van der Waals surface area contributed by atoms with Crippen LogP contribution in [0.15, 0.2) is 54.9 Å². The summed E-state index contributed by atoms with van der Waals surface area (Å²) in [7, 11) is 0. The predicted molar refractivity (Wildman–Crippen MR) is 129 cm³/mol. The van der Waals surface area contributed by atoms with E-state index in [9.17, 15) is 19.7 Å². The van der Waals surface area contributed by atoms with Crippen molar-refractivity contribution < 1.29 is 24.0 Å². The molecule has 0 saturated carbocycles. The van der Waals surface area contributed by atoms with Gasteiger partial charge in [0.25, 0.3) is 0 Å². The number of hydrogen-bond acceptors (Lipinski definition) is 10. The number of benzene rings is 2. The zero-order chi connectivity index (χ0) is 25.4. The number of rotatable bonds is 10. The molecule has 0 aliphatic rings. The normalized spacial score (nSPS) is 10.5. The molecule has 3 rings (SSSR count). The summed E-state index contributed by atoms with van der Waals surface area (Å²) in [6.07, 6.45) is 1.17. The average Bonchev–Trinajstić information content (AvgIpc) is 2.83. The third-order valence-corrected chi connectivity index (χ3v) is 4.57. The van der Waals surface area contributed by atoms with Crippen molar-refractivity contribution >= 4 is 40.6 Å². The van der Waals surface area contributed by atoms with Gasteiger partial charge < -0.3 is 20.1 Å². The summed E-state index contributed by atoms with van der Waals surface area (Å²) in [5.41, 5.74) is 1.14. The van der Waals surface area contributed by atoms with Crippen molar-refractivity contribution in [1.82, 2.24) is 9.97 Å². The van der Waals surface area contributed by atoms with Crippen LogP contribution in [0.25, 0.3) is 0 Å². The number of esters is 2. The van der Waals surface area contributed by atoms with Crippen molar-refractivity contribution in [3.63, 3.8) is 0 Å². The lowest BCUT2D eigenvalue weighted by Crippen LogP contribution is -2.10. The van der Waals surface area contributed by atoms with Gasteiger partial charge in [0, 0.05) is 11.4 Å². The molecule has 1 aromatic heterocycles. The first-order valence-corrected chi connectivity index (χ1v) is 10.9. The quantitative estimate of drug-likeness (QED) is 0.235. The molecule has 0 amide bonds. The maximum Gasteiger partial charge on any atom is 0.353 e. The minimum atomic E-state index is -0.614. The number of aromatic nitrogens is 2.